The van der Waals surface area contributed by atoms with Gasteiger partial charge in [0.2, 0.25) is 5.88 Å². The Morgan fingerprint density at radius 2 is 1.50 bits per heavy atom. The minimum atomic E-state index is -1.07. The molecule has 1 atom stereocenters. The summed E-state index contributed by atoms with van der Waals surface area (Å²) in [5.74, 6) is 2.25. The highest BCUT2D eigenvalue weighted by Crippen LogP contribution is 2.43. The molecule has 0 radical (unpaired) electrons. The first-order valence-electron chi connectivity index (χ1n) is 11.8. The lowest BCUT2D eigenvalue weighted by Crippen LogP contribution is -2.08. The maximum atomic E-state index is 11.8. The first kappa shape index (κ1) is 25.1. The summed E-state index contributed by atoms with van der Waals surface area (Å²) in [5, 5.41) is 16.6. The van der Waals surface area contributed by atoms with Gasteiger partial charge in [0.25, 0.3) is 0 Å². The second-order valence-corrected chi connectivity index (χ2v) is 8.62. The fourth-order valence-corrected chi connectivity index (χ4v) is 4.12. The van der Waals surface area contributed by atoms with Gasteiger partial charge in [0, 0.05) is 23.2 Å². The Morgan fingerprint density at radius 3 is 2.11 bits per heavy atom. The van der Waals surface area contributed by atoms with Crippen molar-refractivity contribution in [3.05, 3.63) is 89.5 Å². The largest absolute Gasteiger partial charge is 0.497 e. The number of ether oxygens (including phenoxy) is 4. The smallest absolute Gasteiger partial charge is 0.240 e. The van der Waals surface area contributed by atoms with E-state index in [2.05, 4.69) is 0 Å². The standard InChI is InChI=1S/C29H32N2O5/c1-19(2)31-27(21-11-13-22(33-3)14-12-21)26(29(30-31)36-18-20-9-7-6-8-10-20)28(32)24-16-15-23(34-4)17-25(24)35-5/h6-17,19,28,32H,18H2,1-5H3. The summed E-state index contributed by atoms with van der Waals surface area (Å²) in [6.07, 6.45) is -1.07. The Bertz CT molecular complexity index is 1280. The van der Waals surface area contributed by atoms with Crippen molar-refractivity contribution in [3.63, 3.8) is 0 Å². The van der Waals surface area contributed by atoms with E-state index in [4.69, 9.17) is 24.0 Å². The van der Waals surface area contributed by atoms with Gasteiger partial charge in [0.15, 0.2) is 0 Å². The summed E-state index contributed by atoms with van der Waals surface area (Å²) in [5.41, 5.74) is 3.80. The Hall–Kier alpha value is -3.97. The third-order valence-corrected chi connectivity index (χ3v) is 5.99. The fourth-order valence-electron chi connectivity index (χ4n) is 4.12. The highest BCUT2D eigenvalue weighted by atomic mass is 16.5. The zero-order valence-electron chi connectivity index (χ0n) is 21.3. The van der Waals surface area contributed by atoms with E-state index in [1.165, 1.54) is 0 Å². The fraction of sp³-hybridized carbons (Fsp3) is 0.276. The lowest BCUT2D eigenvalue weighted by molar-refractivity contribution is 0.204. The van der Waals surface area contributed by atoms with Gasteiger partial charge in [-0.1, -0.05) is 30.3 Å². The van der Waals surface area contributed by atoms with Crippen molar-refractivity contribution < 1.29 is 24.1 Å². The molecule has 36 heavy (non-hydrogen) atoms. The molecule has 3 aromatic carbocycles. The molecule has 0 spiro atoms. The lowest BCUT2D eigenvalue weighted by atomic mass is 9.97. The van der Waals surface area contributed by atoms with Gasteiger partial charge in [-0.15, -0.1) is 5.10 Å². The third kappa shape index (κ3) is 5.16. The van der Waals surface area contributed by atoms with Crippen molar-refractivity contribution in [3.8, 4) is 34.4 Å². The van der Waals surface area contributed by atoms with E-state index in [9.17, 15) is 5.11 Å². The number of benzene rings is 3. The average Bonchev–Trinajstić information content (AvgIpc) is 3.31. The van der Waals surface area contributed by atoms with Crippen LogP contribution in [-0.4, -0.2) is 36.2 Å². The lowest BCUT2D eigenvalue weighted by Gasteiger charge is -2.19. The van der Waals surface area contributed by atoms with Crippen LogP contribution in [0.15, 0.2) is 72.8 Å². The number of rotatable bonds is 10. The summed E-state index contributed by atoms with van der Waals surface area (Å²) in [7, 11) is 4.79. The predicted molar refractivity (Wildman–Crippen MR) is 139 cm³/mol. The molecule has 0 saturated carbocycles. The molecule has 0 fully saturated rings. The van der Waals surface area contributed by atoms with Gasteiger partial charge in [-0.05, 0) is 55.8 Å². The number of nitrogens with zero attached hydrogens (tertiary/aromatic N) is 2. The van der Waals surface area contributed by atoms with Crippen LogP contribution in [0.25, 0.3) is 11.3 Å². The Kier molecular flexibility index (Phi) is 7.80. The van der Waals surface area contributed by atoms with E-state index < -0.39 is 6.10 Å². The molecule has 0 aliphatic heterocycles. The Labute approximate surface area is 211 Å². The van der Waals surface area contributed by atoms with Crippen LogP contribution >= 0.6 is 0 Å². The van der Waals surface area contributed by atoms with Crippen molar-refractivity contribution in [1.29, 1.82) is 0 Å². The molecule has 1 heterocycles. The van der Waals surface area contributed by atoms with Gasteiger partial charge in [0.05, 0.1) is 32.6 Å². The molecule has 0 aliphatic rings. The van der Waals surface area contributed by atoms with Gasteiger partial charge < -0.3 is 24.1 Å². The van der Waals surface area contributed by atoms with Crippen LogP contribution in [0.4, 0.5) is 0 Å². The van der Waals surface area contributed by atoms with Crippen LogP contribution in [-0.2, 0) is 6.61 Å². The molecular weight excluding hydrogens is 456 g/mol. The first-order chi connectivity index (χ1) is 17.5. The second kappa shape index (κ2) is 11.2. The van der Waals surface area contributed by atoms with Crippen LogP contribution in [0, 0.1) is 0 Å². The minimum Gasteiger partial charge on any atom is -0.497 e. The topological polar surface area (TPSA) is 75.0 Å². The first-order valence-corrected chi connectivity index (χ1v) is 11.8. The average molecular weight is 489 g/mol. The van der Waals surface area contributed by atoms with E-state index in [0.29, 0.717) is 35.1 Å². The summed E-state index contributed by atoms with van der Waals surface area (Å²) in [6.45, 7) is 4.41. The minimum absolute atomic E-state index is 0.0138. The second-order valence-electron chi connectivity index (χ2n) is 8.62. The van der Waals surface area contributed by atoms with E-state index in [-0.39, 0.29) is 6.04 Å². The van der Waals surface area contributed by atoms with Crippen molar-refractivity contribution >= 4 is 0 Å². The monoisotopic (exact) mass is 488 g/mol. The van der Waals surface area contributed by atoms with Gasteiger partial charge >= 0.3 is 0 Å². The van der Waals surface area contributed by atoms with Gasteiger partial charge in [0.1, 0.15) is 30.0 Å². The van der Waals surface area contributed by atoms with Crippen LogP contribution in [0.2, 0.25) is 0 Å². The molecule has 4 aromatic rings. The normalized spacial score (nSPS) is 11.9. The van der Waals surface area contributed by atoms with E-state index in [0.717, 1.165) is 22.6 Å². The summed E-state index contributed by atoms with van der Waals surface area (Å²) in [4.78, 5) is 0. The summed E-state index contributed by atoms with van der Waals surface area (Å²) in [6, 6.07) is 22.9. The van der Waals surface area contributed by atoms with Crippen molar-refractivity contribution in [2.45, 2.75) is 32.6 Å². The number of aliphatic hydroxyl groups is 1. The van der Waals surface area contributed by atoms with Gasteiger partial charge in [-0.25, -0.2) is 0 Å². The molecule has 1 unspecified atom stereocenters. The van der Waals surface area contributed by atoms with Crippen LogP contribution in [0.3, 0.4) is 0 Å². The molecule has 7 nitrogen and oxygen atoms in total. The number of methoxy groups -OCH3 is 3. The maximum Gasteiger partial charge on any atom is 0.240 e. The molecular formula is C29H32N2O5. The molecule has 7 heteroatoms. The van der Waals surface area contributed by atoms with E-state index in [1.54, 1.807) is 39.5 Å². The summed E-state index contributed by atoms with van der Waals surface area (Å²) < 4.78 is 24.4. The van der Waals surface area contributed by atoms with Crippen molar-refractivity contribution in [2.24, 2.45) is 0 Å². The predicted octanol–water partition coefficient (Wildman–Crippen LogP) is 5.82. The highest BCUT2D eigenvalue weighted by Gasteiger charge is 2.30. The molecule has 0 saturated heterocycles. The number of hydrogen-bond acceptors (Lipinski definition) is 6. The van der Waals surface area contributed by atoms with Crippen molar-refractivity contribution in [1.82, 2.24) is 9.78 Å². The van der Waals surface area contributed by atoms with E-state index in [1.807, 2.05) is 73.1 Å². The Morgan fingerprint density at radius 1 is 0.833 bits per heavy atom. The van der Waals surface area contributed by atoms with Crippen LogP contribution in [0.1, 0.15) is 42.7 Å². The Balaban J connectivity index is 1.88. The summed E-state index contributed by atoms with van der Waals surface area (Å²) >= 11 is 0. The molecule has 1 aromatic heterocycles. The molecule has 1 N–H and O–H groups in total. The number of hydrogen-bond donors (Lipinski definition) is 1. The zero-order chi connectivity index (χ0) is 25.7. The van der Waals surface area contributed by atoms with Crippen LogP contribution in [0.5, 0.6) is 23.1 Å². The third-order valence-electron chi connectivity index (χ3n) is 5.99. The van der Waals surface area contributed by atoms with E-state index >= 15 is 0 Å². The zero-order valence-corrected chi connectivity index (χ0v) is 21.3. The maximum absolute atomic E-state index is 11.8. The number of aliphatic hydroxyl groups excluding tert-OH is 1. The van der Waals surface area contributed by atoms with Gasteiger partial charge in [-0.2, -0.15) is 0 Å². The van der Waals surface area contributed by atoms with Gasteiger partial charge in [-0.3, -0.25) is 4.68 Å². The quantitative estimate of drug-likeness (QED) is 0.303. The number of aromatic nitrogens is 2. The van der Waals surface area contributed by atoms with Crippen molar-refractivity contribution in [2.75, 3.05) is 21.3 Å². The molecule has 0 bridgehead atoms. The molecule has 188 valence electrons. The highest BCUT2D eigenvalue weighted by molar-refractivity contribution is 5.69. The molecule has 0 aliphatic carbocycles. The molecule has 0 amide bonds. The SMILES string of the molecule is COc1ccc(-c2c(C(O)c3ccc(OC)cc3OC)c(OCc3ccccc3)nn2C(C)C)cc1. The van der Waals surface area contributed by atoms with Crippen LogP contribution < -0.4 is 18.9 Å². The molecule has 4 rings (SSSR count).